The Labute approximate surface area is 106 Å². The molecule has 0 saturated heterocycles. The van der Waals surface area contributed by atoms with Crippen molar-refractivity contribution in [3.05, 3.63) is 64.6 Å². The van der Waals surface area contributed by atoms with Gasteiger partial charge in [0.05, 0.1) is 0 Å². The third kappa shape index (κ3) is 2.56. The van der Waals surface area contributed by atoms with Crippen molar-refractivity contribution in [3.63, 3.8) is 0 Å². The third-order valence-corrected chi connectivity index (χ3v) is 2.87. The van der Waals surface area contributed by atoms with E-state index in [4.69, 9.17) is 0 Å². The van der Waals surface area contributed by atoms with Crippen LogP contribution in [0.2, 0.25) is 0 Å². The van der Waals surface area contributed by atoms with Crippen molar-refractivity contribution in [2.45, 2.75) is 19.8 Å². The molecular weight excluding hydrogens is 224 g/mol. The van der Waals surface area contributed by atoms with Crippen molar-refractivity contribution in [1.82, 2.24) is 9.97 Å². The summed E-state index contributed by atoms with van der Waals surface area (Å²) >= 11 is 0. The van der Waals surface area contributed by atoms with Crippen molar-refractivity contribution < 1.29 is 0 Å². The fourth-order valence-corrected chi connectivity index (χ4v) is 1.88. The normalized spacial score (nSPS) is 10.3. The van der Waals surface area contributed by atoms with Crippen LogP contribution < -0.4 is 5.56 Å². The van der Waals surface area contributed by atoms with Gasteiger partial charge in [-0.3, -0.25) is 4.79 Å². The standard InChI is InChI=1S/C15H16N2O/c1-3-4-10-13-11(2)16-14(17-15(13)18)12-8-6-5-7-9-12/h3,5-9H,1,4,10H2,2H3,(H,16,17,18). The van der Waals surface area contributed by atoms with Gasteiger partial charge in [0.1, 0.15) is 5.82 Å². The summed E-state index contributed by atoms with van der Waals surface area (Å²) in [6, 6.07) is 9.65. The van der Waals surface area contributed by atoms with Crippen LogP contribution in [-0.4, -0.2) is 9.97 Å². The van der Waals surface area contributed by atoms with E-state index in [1.807, 2.05) is 43.3 Å². The molecule has 0 radical (unpaired) electrons. The molecule has 0 aliphatic rings. The van der Waals surface area contributed by atoms with E-state index in [9.17, 15) is 4.79 Å². The Morgan fingerprint density at radius 3 is 2.67 bits per heavy atom. The van der Waals surface area contributed by atoms with E-state index in [2.05, 4.69) is 16.5 Å². The average Bonchev–Trinajstić information content (AvgIpc) is 2.39. The molecule has 18 heavy (non-hydrogen) atoms. The molecule has 0 aliphatic heterocycles. The molecule has 2 rings (SSSR count). The highest BCUT2D eigenvalue weighted by molar-refractivity contribution is 5.54. The summed E-state index contributed by atoms with van der Waals surface area (Å²) in [6.07, 6.45) is 3.28. The predicted octanol–water partition coefficient (Wildman–Crippen LogP) is 2.86. The van der Waals surface area contributed by atoms with Gasteiger partial charge in [-0.05, 0) is 19.8 Å². The quantitative estimate of drug-likeness (QED) is 0.835. The SMILES string of the molecule is C=CCCc1c(C)nc(-c2ccccc2)[nH]c1=O. The van der Waals surface area contributed by atoms with Gasteiger partial charge in [-0.1, -0.05) is 36.4 Å². The number of aryl methyl sites for hydroxylation is 1. The van der Waals surface area contributed by atoms with Crippen LogP contribution >= 0.6 is 0 Å². The molecule has 0 amide bonds. The highest BCUT2D eigenvalue weighted by atomic mass is 16.1. The van der Waals surface area contributed by atoms with Crippen LogP contribution in [0.4, 0.5) is 0 Å². The minimum atomic E-state index is -0.0526. The molecule has 0 spiro atoms. The van der Waals surface area contributed by atoms with Gasteiger partial charge in [0.2, 0.25) is 0 Å². The average molecular weight is 240 g/mol. The van der Waals surface area contributed by atoms with E-state index in [-0.39, 0.29) is 5.56 Å². The van der Waals surface area contributed by atoms with Crippen LogP contribution in [0.1, 0.15) is 17.7 Å². The Morgan fingerprint density at radius 1 is 1.33 bits per heavy atom. The van der Waals surface area contributed by atoms with Crippen LogP contribution in [0.25, 0.3) is 11.4 Å². The predicted molar refractivity (Wildman–Crippen MR) is 73.5 cm³/mol. The summed E-state index contributed by atoms with van der Waals surface area (Å²) in [5, 5.41) is 0. The second-order valence-electron chi connectivity index (χ2n) is 4.17. The molecule has 1 heterocycles. The monoisotopic (exact) mass is 240 g/mol. The van der Waals surface area contributed by atoms with Crippen LogP contribution in [0.5, 0.6) is 0 Å². The first-order valence-corrected chi connectivity index (χ1v) is 5.98. The van der Waals surface area contributed by atoms with E-state index >= 15 is 0 Å². The van der Waals surface area contributed by atoms with E-state index in [1.165, 1.54) is 0 Å². The first-order valence-electron chi connectivity index (χ1n) is 5.98. The number of rotatable bonds is 4. The Kier molecular flexibility index (Phi) is 3.72. The molecule has 0 unspecified atom stereocenters. The van der Waals surface area contributed by atoms with Crippen molar-refractivity contribution in [2.75, 3.05) is 0 Å². The number of aromatic nitrogens is 2. The number of benzene rings is 1. The zero-order valence-electron chi connectivity index (χ0n) is 10.4. The zero-order valence-corrected chi connectivity index (χ0v) is 10.4. The maximum atomic E-state index is 12.0. The summed E-state index contributed by atoms with van der Waals surface area (Å²) in [5.41, 5.74) is 2.41. The lowest BCUT2D eigenvalue weighted by molar-refractivity contribution is 0.915. The van der Waals surface area contributed by atoms with Crippen LogP contribution in [0.15, 0.2) is 47.8 Å². The smallest absolute Gasteiger partial charge is 0.254 e. The van der Waals surface area contributed by atoms with Gasteiger partial charge < -0.3 is 4.98 Å². The molecule has 92 valence electrons. The second kappa shape index (κ2) is 5.45. The first kappa shape index (κ1) is 12.3. The Balaban J connectivity index is 2.43. The maximum absolute atomic E-state index is 12.0. The molecule has 0 fully saturated rings. The van der Waals surface area contributed by atoms with E-state index in [1.54, 1.807) is 0 Å². The number of nitrogens with zero attached hydrogens (tertiary/aromatic N) is 1. The highest BCUT2D eigenvalue weighted by Gasteiger charge is 2.08. The van der Waals surface area contributed by atoms with Gasteiger partial charge in [-0.25, -0.2) is 4.98 Å². The largest absolute Gasteiger partial charge is 0.306 e. The van der Waals surface area contributed by atoms with Crippen LogP contribution in [-0.2, 0) is 6.42 Å². The van der Waals surface area contributed by atoms with Crippen molar-refractivity contribution in [1.29, 1.82) is 0 Å². The number of nitrogens with one attached hydrogen (secondary N) is 1. The van der Waals surface area contributed by atoms with Gasteiger partial charge in [0.25, 0.3) is 5.56 Å². The number of aromatic amines is 1. The molecule has 1 aromatic heterocycles. The molecule has 3 heteroatoms. The third-order valence-electron chi connectivity index (χ3n) is 2.87. The topological polar surface area (TPSA) is 45.8 Å². The van der Waals surface area contributed by atoms with Crippen molar-refractivity contribution >= 4 is 0 Å². The molecule has 0 saturated carbocycles. The highest BCUT2D eigenvalue weighted by Crippen LogP contribution is 2.14. The molecule has 1 N–H and O–H groups in total. The van der Waals surface area contributed by atoms with Gasteiger partial charge in [-0.15, -0.1) is 6.58 Å². The lowest BCUT2D eigenvalue weighted by atomic mass is 10.1. The maximum Gasteiger partial charge on any atom is 0.254 e. The summed E-state index contributed by atoms with van der Waals surface area (Å²) in [5.74, 6) is 0.625. The van der Waals surface area contributed by atoms with E-state index in [0.717, 1.165) is 23.2 Å². The molecular formula is C15H16N2O. The van der Waals surface area contributed by atoms with Crippen molar-refractivity contribution in [2.24, 2.45) is 0 Å². The zero-order chi connectivity index (χ0) is 13.0. The molecule has 3 nitrogen and oxygen atoms in total. The van der Waals surface area contributed by atoms with Crippen LogP contribution in [0.3, 0.4) is 0 Å². The summed E-state index contributed by atoms with van der Waals surface area (Å²) < 4.78 is 0. The Bertz CT molecular complexity index is 600. The number of allylic oxidation sites excluding steroid dienone is 1. The summed E-state index contributed by atoms with van der Waals surface area (Å²) in [7, 11) is 0. The number of hydrogen-bond donors (Lipinski definition) is 1. The first-order chi connectivity index (χ1) is 8.72. The minimum absolute atomic E-state index is 0.0526. The Hall–Kier alpha value is -2.16. The minimum Gasteiger partial charge on any atom is -0.306 e. The summed E-state index contributed by atoms with van der Waals surface area (Å²) in [6.45, 7) is 5.54. The Morgan fingerprint density at radius 2 is 2.06 bits per heavy atom. The van der Waals surface area contributed by atoms with E-state index in [0.29, 0.717) is 12.2 Å². The van der Waals surface area contributed by atoms with Gasteiger partial charge >= 0.3 is 0 Å². The van der Waals surface area contributed by atoms with Gasteiger partial charge in [0, 0.05) is 16.8 Å². The van der Waals surface area contributed by atoms with Gasteiger partial charge in [0.15, 0.2) is 0 Å². The molecule has 2 aromatic rings. The number of hydrogen-bond acceptors (Lipinski definition) is 2. The van der Waals surface area contributed by atoms with Gasteiger partial charge in [-0.2, -0.15) is 0 Å². The molecule has 0 bridgehead atoms. The second-order valence-corrected chi connectivity index (χ2v) is 4.17. The molecule has 1 aromatic carbocycles. The lowest BCUT2D eigenvalue weighted by Gasteiger charge is -2.06. The molecule has 0 atom stereocenters. The van der Waals surface area contributed by atoms with E-state index < -0.39 is 0 Å². The van der Waals surface area contributed by atoms with Crippen LogP contribution in [0, 0.1) is 6.92 Å². The fourth-order valence-electron chi connectivity index (χ4n) is 1.88. The lowest BCUT2D eigenvalue weighted by Crippen LogP contribution is -2.17. The molecule has 0 aliphatic carbocycles. The number of H-pyrrole nitrogens is 1. The fraction of sp³-hybridized carbons (Fsp3) is 0.200. The summed E-state index contributed by atoms with van der Waals surface area (Å²) in [4.78, 5) is 19.3. The van der Waals surface area contributed by atoms with Crippen molar-refractivity contribution in [3.8, 4) is 11.4 Å².